The van der Waals surface area contributed by atoms with Crippen molar-refractivity contribution in [1.82, 2.24) is 9.88 Å². The number of rotatable bonds is 2. The highest BCUT2D eigenvalue weighted by molar-refractivity contribution is 5.95. The number of ketones is 1. The Morgan fingerprint density at radius 1 is 1.24 bits per heavy atom. The lowest BCUT2D eigenvalue weighted by atomic mass is 9.88. The first-order valence-corrected chi connectivity index (χ1v) is 7.93. The van der Waals surface area contributed by atoms with E-state index >= 15 is 0 Å². The van der Waals surface area contributed by atoms with E-state index in [9.17, 15) is 9.59 Å². The number of likely N-dealkylation sites (tertiary alicyclic amines) is 1. The highest BCUT2D eigenvalue weighted by Crippen LogP contribution is 2.33. The molecule has 1 aliphatic heterocycles. The highest BCUT2D eigenvalue weighted by atomic mass is 16.2. The fourth-order valence-electron chi connectivity index (χ4n) is 3.64. The molecule has 1 aromatic heterocycles. The number of carbonyl (C=O) groups is 2. The fraction of sp³-hybridized carbons (Fsp3) is 0.588. The number of Topliss-reactive ketones (excluding diaryl/α,β-unsaturated/α-hetero) is 1. The van der Waals surface area contributed by atoms with Gasteiger partial charge >= 0.3 is 0 Å². The molecule has 1 aliphatic carbocycles. The molecule has 0 spiro atoms. The lowest BCUT2D eigenvalue weighted by molar-refractivity contribution is -0.122. The maximum absolute atomic E-state index is 12.8. The summed E-state index contributed by atoms with van der Waals surface area (Å²) in [6, 6.07) is 3.81. The van der Waals surface area contributed by atoms with Gasteiger partial charge in [0.05, 0.1) is 5.56 Å². The Balaban J connectivity index is 1.81. The van der Waals surface area contributed by atoms with Crippen LogP contribution in [0.2, 0.25) is 0 Å². The zero-order valence-corrected chi connectivity index (χ0v) is 12.5. The van der Waals surface area contributed by atoms with Crippen LogP contribution in [0.1, 0.15) is 54.6 Å². The average molecular weight is 286 g/mol. The van der Waals surface area contributed by atoms with Gasteiger partial charge in [-0.1, -0.05) is 0 Å². The van der Waals surface area contributed by atoms with Gasteiger partial charge in [0.1, 0.15) is 5.78 Å². The number of aromatic nitrogens is 1. The van der Waals surface area contributed by atoms with Crippen LogP contribution in [0.4, 0.5) is 0 Å². The second-order valence-corrected chi connectivity index (χ2v) is 6.21. The molecule has 0 radical (unpaired) electrons. The van der Waals surface area contributed by atoms with Gasteiger partial charge < -0.3 is 4.90 Å². The van der Waals surface area contributed by atoms with Crippen LogP contribution >= 0.6 is 0 Å². The van der Waals surface area contributed by atoms with Crippen LogP contribution in [0.5, 0.6) is 0 Å². The quantitative estimate of drug-likeness (QED) is 0.840. The largest absolute Gasteiger partial charge is 0.335 e. The first-order chi connectivity index (χ1) is 10.2. The summed E-state index contributed by atoms with van der Waals surface area (Å²) in [6.45, 7) is 2.68. The molecule has 2 aliphatic rings. The molecule has 0 aromatic carbocycles. The van der Waals surface area contributed by atoms with E-state index in [0.29, 0.717) is 17.8 Å². The van der Waals surface area contributed by atoms with Gasteiger partial charge in [-0.15, -0.1) is 0 Å². The molecule has 1 saturated carbocycles. The minimum Gasteiger partial charge on any atom is -0.335 e. The number of nitrogens with zero attached hydrogens (tertiary/aromatic N) is 2. The third kappa shape index (κ3) is 2.85. The first kappa shape index (κ1) is 14.2. The molecule has 3 rings (SSSR count). The molecule has 2 unspecified atom stereocenters. The number of hydrogen-bond acceptors (Lipinski definition) is 3. The summed E-state index contributed by atoms with van der Waals surface area (Å²) in [5.74, 6) is 0.446. The molecular weight excluding hydrogens is 264 g/mol. The Kier molecular flexibility index (Phi) is 4.04. The first-order valence-electron chi connectivity index (χ1n) is 7.93. The highest BCUT2D eigenvalue weighted by Gasteiger charge is 2.38. The standard InChI is InChI=1S/C17H22N2O2/c1-12-8-9-13(11-18-12)17(21)19-10-3-2-6-15(19)14-5-4-7-16(14)20/h8-9,11,14-15H,2-7,10H2,1H3. The number of pyridine rings is 1. The SMILES string of the molecule is Cc1ccc(C(=O)N2CCCCC2C2CCCC2=O)cn1. The monoisotopic (exact) mass is 286 g/mol. The Bertz CT molecular complexity index is 538. The van der Waals surface area contributed by atoms with Gasteiger partial charge in [-0.2, -0.15) is 0 Å². The van der Waals surface area contributed by atoms with E-state index in [0.717, 1.165) is 44.3 Å². The Labute approximate surface area is 125 Å². The lowest BCUT2D eigenvalue weighted by Crippen LogP contribution is -2.48. The fourth-order valence-corrected chi connectivity index (χ4v) is 3.64. The van der Waals surface area contributed by atoms with Crippen LogP contribution in [0.25, 0.3) is 0 Å². The van der Waals surface area contributed by atoms with E-state index in [2.05, 4.69) is 4.98 Å². The molecular formula is C17H22N2O2. The van der Waals surface area contributed by atoms with Gasteiger partial charge in [-0.25, -0.2) is 0 Å². The third-order valence-electron chi connectivity index (χ3n) is 4.78. The van der Waals surface area contributed by atoms with E-state index in [-0.39, 0.29) is 17.9 Å². The zero-order chi connectivity index (χ0) is 14.8. The molecule has 0 N–H and O–H groups in total. The number of aryl methyl sites for hydroxylation is 1. The van der Waals surface area contributed by atoms with Crippen molar-refractivity contribution in [3.63, 3.8) is 0 Å². The van der Waals surface area contributed by atoms with Gasteiger partial charge in [0.25, 0.3) is 5.91 Å². The summed E-state index contributed by atoms with van der Waals surface area (Å²) in [5.41, 5.74) is 1.55. The van der Waals surface area contributed by atoms with Gasteiger partial charge in [0.2, 0.25) is 0 Å². The van der Waals surface area contributed by atoms with Crippen molar-refractivity contribution in [2.24, 2.45) is 5.92 Å². The van der Waals surface area contributed by atoms with E-state index < -0.39 is 0 Å². The Morgan fingerprint density at radius 3 is 2.76 bits per heavy atom. The van der Waals surface area contributed by atoms with E-state index in [4.69, 9.17) is 0 Å². The van der Waals surface area contributed by atoms with Gasteiger partial charge in [-0.3, -0.25) is 14.6 Å². The van der Waals surface area contributed by atoms with Crippen LogP contribution in [-0.4, -0.2) is 34.2 Å². The predicted octanol–water partition coefficient (Wildman–Crippen LogP) is 2.75. The number of carbonyl (C=O) groups excluding carboxylic acids is 2. The van der Waals surface area contributed by atoms with Crippen molar-refractivity contribution in [2.45, 2.75) is 51.5 Å². The van der Waals surface area contributed by atoms with Crippen molar-refractivity contribution >= 4 is 11.7 Å². The summed E-state index contributed by atoms with van der Waals surface area (Å²) >= 11 is 0. The normalized spacial score (nSPS) is 26.1. The molecule has 2 fully saturated rings. The summed E-state index contributed by atoms with van der Waals surface area (Å²) in [6.07, 6.45) is 7.37. The van der Waals surface area contributed by atoms with Gasteiger partial charge in [-0.05, 0) is 51.2 Å². The maximum Gasteiger partial charge on any atom is 0.255 e. The van der Waals surface area contributed by atoms with Crippen molar-refractivity contribution in [3.8, 4) is 0 Å². The van der Waals surface area contributed by atoms with Crippen molar-refractivity contribution in [2.75, 3.05) is 6.54 Å². The third-order valence-corrected chi connectivity index (χ3v) is 4.78. The van der Waals surface area contributed by atoms with Crippen LogP contribution in [-0.2, 0) is 4.79 Å². The zero-order valence-electron chi connectivity index (χ0n) is 12.5. The lowest BCUT2D eigenvalue weighted by Gasteiger charge is -2.38. The average Bonchev–Trinajstić information content (AvgIpc) is 2.93. The number of hydrogen-bond donors (Lipinski definition) is 0. The van der Waals surface area contributed by atoms with Crippen molar-refractivity contribution in [1.29, 1.82) is 0 Å². The van der Waals surface area contributed by atoms with Crippen LogP contribution in [0, 0.1) is 12.8 Å². The Morgan fingerprint density at radius 2 is 2.10 bits per heavy atom. The summed E-state index contributed by atoms with van der Waals surface area (Å²) in [5, 5.41) is 0. The number of piperidine rings is 1. The summed E-state index contributed by atoms with van der Waals surface area (Å²) in [7, 11) is 0. The van der Waals surface area contributed by atoms with Gasteiger partial charge in [0, 0.05) is 36.8 Å². The molecule has 2 atom stereocenters. The van der Waals surface area contributed by atoms with E-state index in [1.807, 2.05) is 24.0 Å². The van der Waals surface area contributed by atoms with Crippen LogP contribution < -0.4 is 0 Å². The molecule has 1 aromatic rings. The Hall–Kier alpha value is -1.71. The minimum absolute atomic E-state index is 0.0342. The molecule has 2 heterocycles. The van der Waals surface area contributed by atoms with Crippen LogP contribution in [0.3, 0.4) is 0 Å². The van der Waals surface area contributed by atoms with Crippen LogP contribution in [0.15, 0.2) is 18.3 Å². The molecule has 1 amide bonds. The molecule has 4 heteroatoms. The smallest absolute Gasteiger partial charge is 0.255 e. The minimum atomic E-state index is 0.0342. The predicted molar refractivity (Wildman–Crippen MR) is 80.0 cm³/mol. The molecule has 1 saturated heterocycles. The topological polar surface area (TPSA) is 50.3 Å². The second kappa shape index (κ2) is 5.96. The second-order valence-electron chi connectivity index (χ2n) is 6.21. The molecule has 4 nitrogen and oxygen atoms in total. The van der Waals surface area contributed by atoms with Gasteiger partial charge in [0.15, 0.2) is 0 Å². The summed E-state index contributed by atoms with van der Waals surface area (Å²) < 4.78 is 0. The van der Waals surface area contributed by atoms with Crippen molar-refractivity contribution < 1.29 is 9.59 Å². The molecule has 21 heavy (non-hydrogen) atoms. The number of amides is 1. The molecule has 112 valence electrons. The molecule has 0 bridgehead atoms. The maximum atomic E-state index is 12.8. The summed E-state index contributed by atoms with van der Waals surface area (Å²) in [4.78, 5) is 31.0. The van der Waals surface area contributed by atoms with E-state index in [1.54, 1.807) is 6.20 Å². The van der Waals surface area contributed by atoms with Crippen molar-refractivity contribution in [3.05, 3.63) is 29.6 Å². The van der Waals surface area contributed by atoms with E-state index in [1.165, 1.54) is 0 Å².